The summed E-state index contributed by atoms with van der Waals surface area (Å²) in [5.74, 6) is -0.246. The molecule has 0 bridgehead atoms. The fraction of sp³-hybridized carbons (Fsp3) is 0.188. The standard InChI is InChI=1S/C16H17NO5S/c1-3-22-15-9-7-12(8-10-15)16(19)17(23(2,20)21)13-5-4-6-14(18)11-13/h4-11,18H,3H2,1-2H3. The Balaban J connectivity index is 2.42. The quantitative estimate of drug-likeness (QED) is 0.907. The molecule has 1 N–H and O–H groups in total. The van der Waals surface area contributed by atoms with Gasteiger partial charge in [-0.15, -0.1) is 0 Å². The lowest BCUT2D eigenvalue weighted by molar-refractivity contribution is 0.101. The van der Waals surface area contributed by atoms with Crippen LogP contribution in [-0.4, -0.2) is 32.3 Å². The summed E-state index contributed by atoms with van der Waals surface area (Å²) in [7, 11) is -3.86. The number of carbonyl (C=O) groups excluding carboxylic acids is 1. The van der Waals surface area contributed by atoms with Gasteiger partial charge in [0.25, 0.3) is 5.91 Å². The first-order valence-electron chi connectivity index (χ1n) is 6.89. The van der Waals surface area contributed by atoms with E-state index in [1.165, 1.54) is 36.4 Å². The molecule has 1 amide bonds. The number of amides is 1. The number of aromatic hydroxyl groups is 1. The number of rotatable bonds is 5. The van der Waals surface area contributed by atoms with Gasteiger partial charge >= 0.3 is 0 Å². The van der Waals surface area contributed by atoms with E-state index in [2.05, 4.69) is 0 Å². The van der Waals surface area contributed by atoms with Gasteiger partial charge in [-0.1, -0.05) is 6.07 Å². The summed E-state index contributed by atoms with van der Waals surface area (Å²) in [6.07, 6.45) is 0.934. The Hall–Kier alpha value is -2.54. The van der Waals surface area contributed by atoms with Crippen LogP contribution in [0.4, 0.5) is 5.69 Å². The van der Waals surface area contributed by atoms with Crippen molar-refractivity contribution >= 4 is 21.6 Å². The third kappa shape index (κ3) is 4.01. The van der Waals surface area contributed by atoms with Crippen molar-refractivity contribution in [3.05, 3.63) is 54.1 Å². The number of carbonyl (C=O) groups is 1. The lowest BCUT2D eigenvalue weighted by Gasteiger charge is -2.20. The highest BCUT2D eigenvalue weighted by Gasteiger charge is 2.26. The smallest absolute Gasteiger partial charge is 0.272 e. The van der Waals surface area contributed by atoms with Crippen LogP contribution < -0.4 is 9.04 Å². The van der Waals surface area contributed by atoms with Crippen molar-refractivity contribution < 1.29 is 23.1 Å². The second kappa shape index (κ2) is 6.70. The second-order valence-corrected chi connectivity index (χ2v) is 6.64. The first-order valence-corrected chi connectivity index (χ1v) is 8.74. The zero-order valence-corrected chi connectivity index (χ0v) is 13.6. The minimum atomic E-state index is -3.86. The molecular weight excluding hydrogens is 318 g/mol. The molecule has 0 aliphatic heterocycles. The Morgan fingerprint density at radius 1 is 1.17 bits per heavy atom. The number of ether oxygens (including phenoxy) is 1. The summed E-state index contributed by atoms with van der Waals surface area (Å²) in [6, 6.07) is 11.7. The van der Waals surface area contributed by atoms with Gasteiger partial charge < -0.3 is 9.84 Å². The fourth-order valence-corrected chi connectivity index (χ4v) is 2.96. The Morgan fingerprint density at radius 3 is 2.35 bits per heavy atom. The molecule has 2 aromatic carbocycles. The first-order chi connectivity index (χ1) is 10.8. The average molecular weight is 335 g/mol. The topological polar surface area (TPSA) is 83.9 Å². The van der Waals surface area contributed by atoms with E-state index < -0.39 is 15.9 Å². The minimum absolute atomic E-state index is 0.0754. The largest absolute Gasteiger partial charge is 0.508 e. The van der Waals surface area contributed by atoms with Crippen molar-refractivity contribution in [2.75, 3.05) is 17.2 Å². The highest BCUT2D eigenvalue weighted by Crippen LogP contribution is 2.25. The van der Waals surface area contributed by atoms with E-state index in [-0.39, 0.29) is 17.0 Å². The van der Waals surface area contributed by atoms with Crippen molar-refractivity contribution in [1.82, 2.24) is 0 Å². The molecule has 0 fully saturated rings. The Morgan fingerprint density at radius 2 is 1.83 bits per heavy atom. The normalized spacial score (nSPS) is 11.0. The van der Waals surface area contributed by atoms with Crippen LogP contribution in [0.1, 0.15) is 17.3 Å². The maximum Gasteiger partial charge on any atom is 0.272 e. The second-order valence-electron chi connectivity index (χ2n) is 4.81. The summed E-state index contributed by atoms with van der Waals surface area (Å²) in [5.41, 5.74) is 0.272. The highest BCUT2D eigenvalue weighted by molar-refractivity contribution is 7.92. The number of phenolic OH excluding ortho intramolecular Hbond substituents is 1. The van der Waals surface area contributed by atoms with E-state index in [0.29, 0.717) is 16.7 Å². The molecule has 0 saturated carbocycles. The van der Waals surface area contributed by atoms with Crippen molar-refractivity contribution in [2.24, 2.45) is 0 Å². The van der Waals surface area contributed by atoms with Crippen molar-refractivity contribution in [2.45, 2.75) is 6.92 Å². The van der Waals surface area contributed by atoms with E-state index in [0.717, 1.165) is 6.26 Å². The summed E-state index contributed by atoms with van der Waals surface area (Å²) in [6.45, 7) is 2.33. The maximum absolute atomic E-state index is 12.6. The molecule has 0 spiro atoms. The number of hydrogen-bond donors (Lipinski definition) is 1. The lowest BCUT2D eigenvalue weighted by atomic mass is 10.2. The molecule has 2 aromatic rings. The molecule has 0 atom stereocenters. The molecule has 2 rings (SSSR count). The molecule has 6 nitrogen and oxygen atoms in total. The van der Waals surface area contributed by atoms with Crippen LogP contribution in [0.5, 0.6) is 11.5 Å². The molecular formula is C16H17NO5S. The molecule has 0 saturated heterocycles. The van der Waals surface area contributed by atoms with Gasteiger partial charge in [-0.05, 0) is 43.3 Å². The van der Waals surface area contributed by atoms with Gasteiger partial charge in [0.1, 0.15) is 11.5 Å². The van der Waals surface area contributed by atoms with E-state index in [1.54, 1.807) is 12.1 Å². The van der Waals surface area contributed by atoms with Gasteiger partial charge in [-0.2, -0.15) is 0 Å². The summed E-state index contributed by atoms with van der Waals surface area (Å²) in [4.78, 5) is 12.6. The van der Waals surface area contributed by atoms with E-state index in [9.17, 15) is 18.3 Å². The van der Waals surface area contributed by atoms with E-state index >= 15 is 0 Å². The predicted octanol–water partition coefficient (Wildman–Crippen LogP) is 2.40. The van der Waals surface area contributed by atoms with E-state index in [4.69, 9.17) is 4.74 Å². The number of phenols is 1. The van der Waals surface area contributed by atoms with Gasteiger partial charge in [0.05, 0.1) is 18.6 Å². The molecule has 122 valence electrons. The van der Waals surface area contributed by atoms with Crippen LogP contribution in [0.3, 0.4) is 0 Å². The van der Waals surface area contributed by atoms with E-state index in [1.807, 2.05) is 6.92 Å². The summed E-state index contributed by atoms with van der Waals surface area (Å²) >= 11 is 0. The third-order valence-corrected chi connectivity index (χ3v) is 4.03. The fourth-order valence-electron chi connectivity index (χ4n) is 2.06. The SMILES string of the molecule is CCOc1ccc(C(=O)N(c2cccc(O)c2)S(C)(=O)=O)cc1. The highest BCUT2D eigenvalue weighted by atomic mass is 32.2. The molecule has 0 aromatic heterocycles. The van der Waals surface area contributed by atoms with Crippen LogP contribution in [0.15, 0.2) is 48.5 Å². The van der Waals surface area contributed by atoms with Crippen LogP contribution in [0, 0.1) is 0 Å². The van der Waals surface area contributed by atoms with Gasteiger partial charge in [0, 0.05) is 11.6 Å². The zero-order valence-electron chi connectivity index (χ0n) is 12.8. The number of anilines is 1. The van der Waals surface area contributed by atoms with Crippen molar-refractivity contribution in [3.8, 4) is 11.5 Å². The van der Waals surface area contributed by atoms with Crippen molar-refractivity contribution in [1.29, 1.82) is 0 Å². The van der Waals surface area contributed by atoms with Crippen LogP contribution in [0.25, 0.3) is 0 Å². The predicted molar refractivity (Wildman–Crippen MR) is 87.4 cm³/mol. The third-order valence-electron chi connectivity index (χ3n) is 2.99. The molecule has 0 heterocycles. The Kier molecular flexibility index (Phi) is 4.90. The van der Waals surface area contributed by atoms with Gasteiger partial charge in [-0.25, -0.2) is 12.7 Å². The molecule has 0 aliphatic rings. The van der Waals surface area contributed by atoms with Crippen molar-refractivity contribution in [3.63, 3.8) is 0 Å². The number of benzene rings is 2. The summed E-state index contributed by atoms with van der Waals surface area (Å²) in [5, 5.41) is 9.53. The average Bonchev–Trinajstić information content (AvgIpc) is 2.47. The Labute approximate surface area is 135 Å². The van der Waals surface area contributed by atoms with Crippen LogP contribution in [0.2, 0.25) is 0 Å². The minimum Gasteiger partial charge on any atom is -0.508 e. The summed E-state index contributed by atoms with van der Waals surface area (Å²) < 4.78 is 30.0. The van der Waals surface area contributed by atoms with Gasteiger partial charge in [0.15, 0.2) is 0 Å². The number of nitrogens with zero attached hydrogens (tertiary/aromatic N) is 1. The van der Waals surface area contributed by atoms with Gasteiger partial charge in [-0.3, -0.25) is 4.79 Å². The Bertz CT molecular complexity index is 799. The van der Waals surface area contributed by atoms with Gasteiger partial charge in [0.2, 0.25) is 10.0 Å². The first kappa shape index (κ1) is 16.8. The molecule has 0 unspecified atom stereocenters. The molecule has 7 heteroatoms. The lowest BCUT2D eigenvalue weighted by Crippen LogP contribution is -2.36. The van der Waals surface area contributed by atoms with Crippen LogP contribution in [-0.2, 0) is 10.0 Å². The zero-order chi connectivity index (χ0) is 17.0. The molecule has 23 heavy (non-hydrogen) atoms. The molecule has 0 radical (unpaired) electrons. The molecule has 0 aliphatic carbocycles. The van der Waals surface area contributed by atoms with Crippen LogP contribution >= 0.6 is 0 Å². The maximum atomic E-state index is 12.6. The number of hydrogen-bond acceptors (Lipinski definition) is 5. The monoisotopic (exact) mass is 335 g/mol. The number of sulfonamides is 1.